The fourth-order valence-corrected chi connectivity index (χ4v) is 5.13. The summed E-state index contributed by atoms with van der Waals surface area (Å²) in [6.07, 6.45) is 7.47. The summed E-state index contributed by atoms with van der Waals surface area (Å²) in [5.74, 6) is 0.972. The van der Waals surface area contributed by atoms with Crippen molar-refractivity contribution >= 4 is 34.6 Å². The molecular weight excluding hydrogens is 492 g/mol. The summed E-state index contributed by atoms with van der Waals surface area (Å²) in [4.78, 5) is 9.71. The zero-order valence-electron chi connectivity index (χ0n) is 24.7. The number of aliphatic imine (C=N–C) groups is 2. The SMILES string of the molecule is CCCc1cc(C=Nc2cc3ccccc3cc2N=Cc2cc(CCC)cc(C(C)C)c2O)c(O)c(C(C)C)c1. The molecule has 0 saturated heterocycles. The minimum Gasteiger partial charge on any atom is -0.507 e. The third kappa shape index (κ3) is 6.62. The maximum atomic E-state index is 11.0. The molecule has 0 aromatic heterocycles. The zero-order valence-corrected chi connectivity index (χ0v) is 24.7. The summed E-state index contributed by atoms with van der Waals surface area (Å²) in [5.41, 5.74) is 7.11. The van der Waals surface area contributed by atoms with Gasteiger partial charge in [0.2, 0.25) is 0 Å². The van der Waals surface area contributed by atoms with Gasteiger partial charge in [0.1, 0.15) is 11.5 Å². The van der Waals surface area contributed by atoms with Gasteiger partial charge in [0.25, 0.3) is 0 Å². The molecule has 40 heavy (non-hydrogen) atoms. The van der Waals surface area contributed by atoms with E-state index < -0.39 is 0 Å². The first kappa shape index (κ1) is 29.1. The van der Waals surface area contributed by atoms with Gasteiger partial charge in [-0.25, -0.2) is 0 Å². The standard InChI is InChI=1S/C36H42N2O2/c1-7-11-25-15-29(35(39)31(17-25)23(3)4)21-37-33-19-27-13-9-10-14-28(27)20-34(33)38-22-30-16-26(12-8-2)18-32(24(5)6)36(30)40/h9-10,13-24,39-40H,7-8,11-12H2,1-6H3. The van der Waals surface area contributed by atoms with Gasteiger partial charge in [-0.05, 0) is 82.0 Å². The second-order valence-corrected chi connectivity index (χ2v) is 11.3. The number of hydrogen-bond acceptors (Lipinski definition) is 4. The Balaban J connectivity index is 1.82. The Bertz CT molecular complexity index is 1430. The molecule has 0 unspecified atom stereocenters. The molecule has 4 heteroatoms. The summed E-state index contributed by atoms with van der Waals surface area (Å²) in [5, 5.41) is 24.2. The number of rotatable bonds is 10. The molecule has 4 aromatic carbocycles. The van der Waals surface area contributed by atoms with Gasteiger partial charge in [-0.15, -0.1) is 0 Å². The first-order valence-corrected chi connectivity index (χ1v) is 14.5. The van der Waals surface area contributed by atoms with Gasteiger partial charge in [0, 0.05) is 23.6 Å². The zero-order chi connectivity index (χ0) is 28.8. The van der Waals surface area contributed by atoms with Gasteiger partial charge in [-0.2, -0.15) is 0 Å². The Hall–Kier alpha value is -3.92. The lowest BCUT2D eigenvalue weighted by molar-refractivity contribution is 0.463. The lowest BCUT2D eigenvalue weighted by Crippen LogP contribution is -1.97. The Kier molecular flexibility index (Phi) is 9.42. The number of benzene rings is 4. The van der Waals surface area contributed by atoms with Crippen molar-refractivity contribution < 1.29 is 10.2 Å². The topological polar surface area (TPSA) is 65.2 Å². The first-order valence-electron chi connectivity index (χ1n) is 14.5. The number of aromatic hydroxyl groups is 2. The van der Waals surface area contributed by atoms with E-state index in [1.807, 2.05) is 36.4 Å². The lowest BCUT2D eigenvalue weighted by atomic mass is 9.95. The van der Waals surface area contributed by atoms with Crippen molar-refractivity contribution in [2.24, 2.45) is 9.98 Å². The largest absolute Gasteiger partial charge is 0.507 e. The van der Waals surface area contributed by atoms with E-state index in [0.717, 1.165) is 47.6 Å². The maximum Gasteiger partial charge on any atom is 0.127 e. The predicted octanol–water partition coefficient (Wildman–Crippen LogP) is 9.90. The summed E-state index contributed by atoms with van der Waals surface area (Å²) in [6.45, 7) is 12.7. The van der Waals surface area contributed by atoms with Gasteiger partial charge < -0.3 is 10.2 Å². The van der Waals surface area contributed by atoms with Crippen molar-refractivity contribution in [1.29, 1.82) is 0 Å². The molecule has 0 heterocycles. The van der Waals surface area contributed by atoms with Gasteiger partial charge in [0.05, 0.1) is 11.4 Å². The molecule has 0 atom stereocenters. The van der Waals surface area contributed by atoms with Crippen molar-refractivity contribution in [3.8, 4) is 11.5 Å². The summed E-state index contributed by atoms with van der Waals surface area (Å²) in [6, 6.07) is 20.5. The van der Waals surface area contributed by atoms with E-state index in [1.54, 1.807) is 12.4 Å². The molecule has 0 spiro atoms. The van der Waals surface area contributed by atoms with Crippen LogP contribution in [0.2, 0.25) is 0 Å². The quantitative estimate of drug-likeness (QED) is 0.199. The maximum absolute atomic E-state index is 11.0. The van der Waals surface area contributed by atoms with Crippen LogP contribution in [0.15, 0.2) is 70.6 Å². The van der Waals surface area contributed by atoms with Crippen LogP contribution in [-0.4, -0.2) is 22.6 Å². The number of hydrogen-bond donors (Lipinski definition) is 2. The van der Waals surface area contributed by atoms with Crippen LogP contribution in [0.25, 0.3) is 10.8 Å². The second-order valence-electron chi connectivity index (χ2n) is 11.3. The van der Waals surface area contributed by atoms with E-state index in [0.29, 0.717) is 22.5 Å². The van der Waals surface area contributed by atoms with Gasteiger partial charge in [-0.3, -0.25) is 9.98 Å². The van der Waals surface area contributed by atoms with Crippen LogP contribution >= 0.6 is 0 Å². The van der Waals surface area contributed by atoms with Crippen molar-refractivity contribution in [2.45, 2.75) is 79.1 Å². The summed E-state index contributed by atoms with van der Waals surface area (Å²) < 4.78 is 0. The van der Waals surface area contributed by atoms with Crippen molar-refractivity contribution in [3.05, 3.63) is 94.0 Å². The number of nitrogens with zero attached hydrogens (tertiary/aromatic N) is 2. The monoisotopic (exact) mass is 534 g/mol. The molecule has 0 aliphatic carbocycles. The van der Waals surface area contributed by atoms with Crippen molar-refractivity contribution in [3.63, 3.8) is 0 Å². The number of phenolic OH excluding ortho intramolecular Hbond substituents is 2. The molecule has 208 valence electrons. The number of phenols is 2. The molecule has 0 bridgehead atoms. The molecule has 0 radical (unpaired) electrons. The van der Waals surface area contributed by atoms with Crippen LogP contribution in [0.4, 0.5) is 11.4 Å². The smallest absolute Gasteiger partial charge is 0.127 e. The van der Waals surface area contributed by atoms with Crippen LogP contribution in [0.5, 0.6) is 11.5 Å². The van der Waals surface area contributed by atoms with E-state index in [1.165, 1.54) is 11.1 Å². The molecule has 0 amide bonds. The van der Waals surface area contributed by atoms with E-state index in [9.17, 15) is 10.2 Å². The van der Waals surface area contributed by atoms with Crippen LogP contribution in [0, 0.1) is 0 Å². The molecule has 0 aliphatic heterocycles. The molecule has 0 fully saturated rings. The molecule has 4 rings (SSSR count). The van der Waals surface area contributed by atoms with Gasteiger partial charge in [0.15, 0.2) is 0 Å². The fraction of sp³-hybridized carbons (Fsp3) is 0.333. The number of aryl methyl sites for hydroxylation is 2. The van der Waals surface area contributed by atoms with Gasteiger partial charge in [-0.1, -0.05) is 90.8 Å². The minimum atomic E-state index is 0.205. The highest BCUT2D eigenvalue weighted by Crippen LogP contribution is 2.36. The Morgan fingerprint density at radius 2 is 1.02 bits per heavy atom. The third-order valence-corrected chi connectivity index (χ3v) is 7.31. The molecule has 0 aliphatic rings. The Morgan fingerprint density at radius 3 is 1.38 bits per heavy atom. The second kappa shape index (κ2) is 13.0. The molecule has 0 saturated carbocycles. The lowest BCUT2D eigenvalue weighted by Gasteiger charge is -2.14. The van der Waals surface area contributed by atoms with Crippen LogP contribution in [-0.2, 0) is 12.8 Å². The highest BCUT2D eigenvalue weighted by atomic mass is 16.3. The fourth-order valence-electron chi connectivity index (χ4n) is 5.13. The highest BCUT2D eigenvalue weighted by molar-refractivity contribution is 5.96. The van der Waals surface area contributed by atoms with E-state index in [4.69, 9.17) is 9.98 Å². The van der Waals surface area contributed by atoms with Crippen LogP contribution in [0.3, 0.4) is 0 Å². The van der Waals surface area contributed by atoms with Crippen LogP contribution < -0.4 is 0 Å². The molecular formula is C36H42N2O2. The van der Waals surface area contributed by atoms with Crippen molar-refractivity contribution in [1.82, 2.24) is 0 Å². The predicted molar refractivity (Wildman–Crippen MR) is 171 cm³/mol. The normalized spacial score (nSPS) is 12.1. The van der Waals surface area contributed by atoms with Crippen molar-refractivity contribution in [2.75, 3.05) is 0 Å². The Morgan fingerprint density at radius 1 is 0.625 bits per heavy atom. The van der Waals surface area contributed by atoms with E-state index in [-0.39, 0.29) is 23.3 Å². The first-order chi connectivity index (χ1) is 19.2. The molecule has 4 nitrogen and oxygen atoms in total. The Labute approximate surface area is 239 Å². The number of fused-ring (bicyclic) bond motifs is 1. The van der Waals surface area contributed by atoms with E-state index >= 15 is 0 Å². The van der Waals surface area contributed by atoms with E-state index in [2.05, 4.69) is 65.8 Å². The average molecular weight is 535 g/mol. The summed E-state index contributed by atoms with van der Waals surface area (Å²) in [7, 11) is 0. The summed E-state index contributed by atoms with van der Waals surface area (Å²) >= 11 is 0. The molecule has 4 aromatic rings. The highest BCUT2D eigenvalue weighted by Gasteiger charge is 2.14. The van der Waals surface area contributed by atoms with Crippen LogP contribution in [0.1, 0.15) is 99.6 Å². The molecule has 2 N–H and O–H groups in total. The minimum absolute atomic E-state index is 0.205. The average Bonchev–Trinajstić information content (AvgIpc) is 2.92. The van der Waals surface area contributed by atoms with Gasteiger partial charge >= 0.3 is 0 Å². The third-order valence-electron chi connectivity index (χ3n) is 7.31.